The lowest BCUT2D eigenvalue weighted by molar-refractivity contribution is 0.969. The van der Waals surface area contributed by atoms with Gasteiger partial charge in [-0.05, 0) is 25.1 Å². The number of aromatic nitrogens is 5. The maximum Gasteiger partial charge on any atom is 0.235 e. The first kappa shape index (κ1) is 12.4. The predicted octanol–water partition coefficient (Wildman–Crippen LogP) is 2.87. The van der Waals surface area contributed by atoms with E-state index in [1.54, 1.807) is 28.2 Å². The Labute approximate surface area is 127 Å². The third-order valence-electron chi connectivity index (χ3n) is 3.03. The minimum Gasteiger partial charge on any atom is -0.390 e. The molecule has 0 radical (unpaired) electrons. The van der Waals surface area contributed by atoms with Crippen molar-refractivity contribution in [2.75, 3.05) is 5.73 Å². The second-order valence-electron chi connectivity index (χ2n) is 4.50. The highest BCUT2D eigenvalue weighted by Crippen LogP contribution is 2.36. The smallest absolute Gasteiger partial charge is 0.235 e. The minimum atomic E-state index is 0.686. The highest BCUT2D eigenvalue weighted by molar-refractivity contribution is 7.21. The Morgan fingerprint density at radius 2 is 2.14 bits per heavy atom. The van der Waals surface area contributed by atoms with Crippen molar-refractivity contribution in [2.45, 2.75) is 6.92 Å². The zero-order valence-electron chi connectivity index (χ0n) is 11.0. The van der Waals surface area contributed by atoms with Crippen LogP contribution in [0.4, 0.5) is 5.00 Å². The summed E-state index contributed by atoms with van der Waals surface area (Å²) in [6.07, 6.45) is 3.47. The summed E-state index contributed by atoms with van der Waals surface area (Å²) >= 11 is 3.04. The molecule has 8 heteroatoms. The van der Waals surface area contributed by atoms with Crippen molar-refractivity contribution in [3.8, 4) is 22.0 Å². The molecule has 4 aromatic heterocycles. The first-order valence-electron chi connectivity index (χ1n) is 6.21. The SMILES string of the molecule is Cc1cc(-c2nn3c(-c4cccnc4)nnc3s2)c(N)s1. The summed E-state index contributed by atoms with van der Waals surface area (Å²) in [5, 5.41) is 14.6. The molecular weight excluding hydrogens is 304 g/mol. The van der Waals surface area contributed by atoms with E-state index in [2.05, 4.69) is 26.3 Å². The molecule has 0 aliphatic carbocycles. The number of nitrogen functional groups attached to an aromatic ring is 1. The Morgan fingerprint density at radius 3 is 2.86 bits per heavy atom. The third-order valence-corrected chi connectivity index (χ3v) is 4.84. The number of nitrogens with zero attached hydrogens (tertiary/aromatic N) is 5. The zero-order chi connectivity index (χ0) is 14.4. The van der Waals surface area contributed by atoms with Crippen molar-refractivity contribution < 1.29 is 0 Å². The lowest BCUT2D eigenvalue weighted by Gasteiger charge is -1.95. The van der Waals surface area contributed by atoms with Gasteiger partial charge in [0.1, 0.15) is 0 Å². The molecule has 0 aliphatic heterocycles. The predicted molar refractivity (Wildman–Crippen MR) is 84.4 cm³/mol. The molecular formula is C13H10N6S2. The normalized spacial score (nSPS) is 11.3. The van der Waals surface area contributed by atoms with E-state index in [1.165, 1.54) is 16.2 Å². The summed E-state index contributed by atoms with van der Waals surface area (Å²) < 4.78 is 1.74. The van der Waals surface area contributed by atoms with Crippen LogP contribution in [0.25, 0.3) is 26.9 Å². The number of hydrogen-bond acceptors (Lipinski definition) is 7. The monoisotopic (exact) mass is 314 g/mol. The van der Waals surface area contributed by atoms with E-state index in [0.29, 0.717) is 5.82 Å². The van der Waals surface area contributed by atoms with Gasteiger partial charge < -0.3 is 5.73 Å². The van der Waals surface area contributed by atoms with Gasteiger partial charge in [-0.3, -0.25) is 4.98 Å². The number of aryl methyl sites for hydroxylation is 1. The molecule has 4 heterocycles. The van der Waals surface area contributed by atoms with E-state index in [-0.39, 0.29) is 0 Å². The largest absolute Gasteiger partial charge is 0.390 e. The van der Waals surface area contributed by atoms with Gasteiger partial charge in [-0.15, -0.1) is 21.5 Å². The fraction of sp³-hybridized carbons (Fsp3) is 0.0769. The van der Waals surface area contributed by atoms with Crippen LogP contribution < -0.4 is 5.73 Å². The average molecular weight is 314 g/mol. The molecule has 0 saturated carbocycles. The highest BCUT2D eigenvalue weighted by atomic mass is 32.1. The van der Waals surface area contributed by atoms with E-state index in [9.17, 15) is 0 Å². The zero-order valence-corrected chi connectivity index (χ0v) is 12.6. The number of hydrogen-bond donors (Lipinski definition) is 1. The molecule has 2 N–H and O–H groups in total. The maximum absolute atomic E-state index is 6.04. The van der Waals surface area contributed by atoms with Crippen LogP contribution in [0.2, 0.25) is 0 Å². The van der Waals surface area contributed by atoms with Crippen molar-refractivity contribution >= 4 is 32.6 Å². The first-order chi connectivity index (χ1) is 10.2. The van der Waals surface area contributed by atoms with Gasteiger partial charge in [-0.2, -0.15) is 9.61 Å². The van der Waals surface area contributed by atoms with E-state index < -0.39 is 0 Å². The first-order valence-corrected chi connectivity index (χ1v) is 7.84. The van der Waals surface area contributed by atoms with Crippen LogP contribution in [0.5, 0.6) is 0 Å². The highest BCUT2D eigenvalue weighted by Gasteiger charge is 2.16. The standard InChI is InChI=1S/C13H10N6S2/c1-7-5-9(10(14)20-7)12-18-19-11(16-17-13(19)21-12)8-3-2-4-15-6-8/h2-6H,14H2,1H3. The number of thiophene rings is 1. The summed E-state index contributed by atoms with van der Waals surface area (Å²) in [5.41, 5.74) is 7.89. The number of pyridine rings is 1. The topological polar surface area (TPSA) is 82.0 Å². The summed E-state index contributed by atoms with van der Waals surface area (Å²) in [4.78, 5) is 6.02. The number of nitrogens with two attached hydrogens (primary N) is 1. The Balaban J connectivity index is 1.88. The molecule has 0 aliphatic rings. The van der Waals surface area contributed by atoms with Crippen molar-refractivity contribution in [1.82, 2.24) is 24.8 Å². The van der Waals surface area contributed by atoms with Crippen molar-refractivity contribution in [3.05, 3.63) is 35.5 Å². The molecule has 4 rings (SSSR count). The molecule has 104 valence electrons. The van der Waals surface area contributed by atoms with Gasteiger partial charge in [0.2, 0.25) is 4.96 Å². The van der Waals surface area contributed by atoms with E-state index in [0.717, 1.165) is 26.1 Å². The molecule has 0 atom stereocenters. The molecule has 0 aromatic carbocycles. The molecule has 0 unspecified atom stereocenters. The number of anilines is 1. The minimum absolute atomic E-state index is 0.686. The second-order valence-corrected chi connectivity index (χ2v) is 6.75. The molecule has 4 aromatic rings. The van der Waals surface area contributed by atoms with Gasteiger partial charge in [-0.1, -0.05) is 11.3 Å². The van der Waals surface area contributed by atoms with Crippen LogP contribution in [-0.4, -0.2) is 24.8 Å². The Morgan fingerprint density at radius 1 is 1.24 bits per heavy atom. The van der Waals surface area contributed by atoms with E-state index >= 15 is 0 Å². The quantitative estimate of drug-likeness (QED) is 0.615. The van der Waals surface area contributed by atoms with Crippen LogP contribution in [0, 0.1) is 6.92 Å². The lowest BCUT2D eigenvalue weighted by atomic mass is 10.3. The van der Waals surface area contributed by atoms with E-state index in [4.69, 9.17) is 5.73 Å². The van der Waals surface area contributed by atoms with Crippen molar-refractivity contribution in [2.24, 2.45) is 0 Å². The van der Waals surface area contributed by atoms with E-state index in [1.807, 2.05) is 19.1 Å². The summed E-state index contributed by atoms with van der Waals surface area (Å²) in [6, 6.07) is 5.85. The molecule has 0 spiro atoms. The lowest BCUT2D eigenvalue weighted by Crippen LogP contribution is -1.91. The molecule has 0 fully saturated rings. The van der Waals surface area contributed by atoms with Gasteiger partial charge in [0.05, 0.1) is 5.00 Å². The third kappa shape index (κ3) is 1.99. The van der Waals surface area contributed by atoms with Crippen LogP contribution in [0.15, 0.2) is 30.6 Å². The maximum atomic E-state index is 6.04. The molecule has 0 bridgehead atoms. The van der Waals surface area contributed by atoms with Crippen molar-refractivity contribution in [1.29, 1.82) is 0 Å². The summed E-state index contributed by atoms with van der Waals surface area (Å²) in [6.45, 7) is 2.03. The summed E-state index contributed by atoms with van der Waals surface area (Å²) in [7, 11) is 0. The second kappa shape index (κ2) is 4.61. The Bertz CT molecular complexity index is 921. The molecule has 6 nitrogen and oxygen atoms in total. The molecule has 0 saturated heterocycles. The fourth-order valence-corrected chi connectivity index (χ4v) is 3.82. The Hall–Kier alpha value is -2.32. The van der Waals surface area contributed by atoms with Gasteiger partial charge in [-0.25, -0.2) is 0 Å². The number of fused-ring (bicyclic) bond motifs is 1. The summed E-state index contributed by atoms with van der Waals surface area (Å²) in [5.74, 6) is 0.686. The molecule has 0 amide bonds. The van der Waals surface area contributed by atoms with Gasteiger partial charge in [0.15, 0.2) is 10.8 Å². The fourth-order valence-electron chi connectivity index (χ4n) is 2.10. The van der Waals surface area contributed by atoms with Crippen LogP contribution in [0.3, 0.4) is 0 Å². The Kier molecular flexibility index (Phi) is 2.72. The van der Waals surface area contributed by atoms with Crippen LogP contribution in [0.1, 0.15) is 4.88 Å². The number of rotatable bonds is 2. The van der Waals surface area contributed by atoms with Crippen LogP contribution in [-0.2, 0) is 0 Å². The van der Waals surface area contributed by atoms with Gasteiger partial charge in [0, 0.05) is 28.4 Å². The van der Waals surface area contributed by atoms with Gasteiger partial charge >= 0.3 is 0 Å². The van der Waals surface area contributed by atoms with Crippen LogP contribution >= 0.6 is 22.7 Å². The van der Waals surface area contributed by atoms with Gasteiger partial charge in [0.25, 0.3) is 0 Å². The van der Waals surface area contributed by atoms with Crippen molar-refractivity contribution in [3.63, 3.8) is 0 Å². The average Bonchev–Trinajstić information content (AvgIpc) is 3.13. The molecule has 21 heavy (non-hydrogen) atoms.